The van der Waals surface area contributed by atoms with Gasteiger partial charge in [-0.3, -0.25) is 30.3 Å². The zero-order valence-electron chi connectivity index (χ0n) is 15.1. The molecule has 28 heavy (non-hydrogen) atoms. The van der Waals surface area contributed by atoms with Crippen LogP contribution in [0.4, 0.5) is 11.4 Å². The molecule has 0 aliphatic carbocycles. The van der Waals surface area contributed by atoms with Gasteiger partial charge in [0.25, 0.3) is 11.4 Å². The van der Waals surface area contributed by atoms with Gasteiger partial charge in [0.1, 0.15) is 5.76 Å². The molecule has 2 aromatic rings. The monoisotopic (exact) mass is 383 g/mol. The van der Waals surface area contributed by atoms with Crippen molar-refractivity contribution in [1.29, 1.82) is 0 Å². The molecule has 2 unspecified atom stereocenters. The zero-order valence-corrected chi connectivity index (χ0v) is 15.1. The van der Waals surface area contributed by atoms with Crippen molar-refractivity contribution in [2.45, 2.75) is 26.1 Å². The second-order valence-electron chi connectivity index (χ2n) is 6.32. The highest BCUT2D eigenvalue weighted by Gasteiger charge is 2.32. The van der Waals surface area contributed by atoms with Gasteiger partial charge in [0.05, 0.1) is 21.5 Å². The number of nitro benzene ring substituents is 2. The summed E-state index contributed by atoms with van der Waals surface area (Å²) in [6.45, 7) is 3.10. The van der Waals surface area contributed by atoms with Crippen LogP contribution in [0.15, 0.2) is 59.9 Å². The fourth-order valence-electron chi connectivity index (χ4n) is 3.15. The normalized spacial score (nSPS) is 19.1. The van der Waals surface area contributed by atoms with E-state index in [9.17, 15) is 25.0 Å². The fourth-order valence-corrected chi connectivity index (χ4v) is 3.15. The third-order valence-corrected chi connectivity index (χ3v) is 4.50. The van der Waals surface area contributed by atoms with Gasteiger partial charge in [-0.15, -0.1) is 0 Å². The van der Waals surface area contributed by atoms with Crippen LogP contribution in [0.2, 0.25) is 0 Å². The Morgan fingerprint density at radius 2 is 1.39 bits per heavy atom. The second-order valence-corrected chi connectivity index (χ2v) is 6.32. The number of ketones is 1. The van der Waals surface area contributed by atoms with Crippen molar-refractivity contribution >= 4 is 17.2 Å². The van der Waals surface area contributed by atoms with Crippen LogP contribution in [0.25, 0.3) is 0 Å². The molecular formula is C19H17N3O6. The summed E-state index contributed by atoms with van der Waals surface area (Å²) in [5.41, 5.74) is 1.66. The number of nitrogens with zero attached hydrogens (tertiary/aromatic N) is 2. The number of allylic oxidation sites excluding steroid dienone is 1. The SMILES string of the molecule is CC(=O)C1=C(C)OC(c2ccc([N+](=O)[O-])cc2)NC1c1ccc([N+](=O)[O-])cc1. The standard InChI is InChI=1S/C19H17N3O6/c1-11(23)17-12(2)28-19(14-5-9-16(10-6-14)22(26)27)20-18(17)13-3-7-15(8-4-13)21(24)25/h3-10,18-20H,1-2H3. The van der Waals surface area contributed by atoms with Gasteiger partial charge in [0.15, 0.2) is 12.0 Å². The van der Waals surface area contributed by atoms with Crippen LogP contribution in [0.3, 0.4) is 0 Å². The Morgan fingerprint density at radius 1 is 0.929 bits per heavy atom. The van der Waals surface area contributed by atoms with E-state index < -0.39 is 22.1 Å². The lowest BCUT2D eigenvalue weighted by Crippen LogP contribution is -2.36. The van der Waals surface area contributed by atoms with Crippen LogP contribution in [-0.2, 0) is 9.53 Å². The van der Waals surface area contributed by atoms with Gasteiger partial charge in [0.2, 0.25) is 0 Å². The summed E-state index contributed by atoms with van der Waals surface area (Å²) in [5, 5.41) is 24.9. The molecule has 0 aromatic heterocycles. The maximum atomic E-state index is 12.2. The average Bonchev–Trinajstić information content (AvgIpc) is 2.67. The molecule has 9 nitrogen and oxygen atoms in total. The summed E-state index contributed by atoms with van der Waals surface area (Å²) in [6, 6.07) is 11.3. The number of hydrogen-bond donors (Lipinski definition) is 1. The predicted octanol–water partition coefficient (Wildman–Crippen LogP) is 3.73. The fraction of sp³-hybridized carbons (Fsp3) is 0.211. The van der Waals surface area contributed by atoms with Crippen molar-refractivity contribution in [2.75, 3.05) is 0 Å². The average molecular weight is 383 g/mol. The number of hydrogen-bond acceptors (Lipinski definition) is 7. The number of carbonyl (C=O) groups excluding carboxylic acids is 1. The molecule has 0 spiro atoms. The van der Waals surface area contributed by atoms with E-state index in [1.165, 1.54) is 31.2 Å². The van der Waals surface area contributed by atoms with Crippen LogP contribution in [-0.4, -0.2) is 15.6 Å². The Bertz CT molecular complexity index is 966. The minimum atomic E-state index is -0.635. The molecule has 1 N–H and O–H groups in total. The summed E-state index contributed by atoms with van der Waals surface area (Å²) in [7, 11) is 0. The highest BCUT2D eigenvalue weighted by atomic mass is 16.6. The molecule has 144 valence electrons. The summed E-state index contributed by atoms with van der Waals surface area (Å²) in [5.74, 6) is 0.244. The van der Waals surface area contributed by atoms with Gasteiger partial charge in [-0.25, -0.2) is 0 Å². The molecule has 9 heteroatoms. The van der Waals surface area contributed by atoms with E-state index in [0.717, 1.165) is 0 Å². The van der Waals surface area contributed by atoms with Crippen LogP contribution in [0.1, 0.15) is 37.2 Å². The van der Waals surface area contributed by atoms with Crippen molar-refractivity contribution in [3.8, 4) is 0 Å². The summed E-state index contributed by atoms with van der Waals surface area (Å²) in [4.78, 5) is 32.9. The lowest BCUT2D eigenvalue weighted by atomic mass is 9.93. The molecule has 3 rings (SSSR count). The molecule has 2 atom stereocenters. The molecule has 2 aromatic carbocycles. The molecule has 0 saturated heterocycles. The number of nitrogens with one attached hydrogen (secondary N) is 1. The Balaban J connectivity index is 1.97. The third kappa shape index (κ3) is 3.74. The molecule has 0 amide bonds. The number of nitro groups is 2. The predicted molar refractivity (Wildman–Crippen MR) is 99.3 cm³/mol. The Labute approximate surface area is 159 Å². The van der Waals surface area contributed by atoms with Gasteiger partial charge >= 0.3 is 0 Å². The first-order valence-electron chi connectivity index (χ1n) is 8.41. The molecule has 0 bridgehead atoms. The third-order valence-electron chi connectivity index (χ3n) is 4.50. The molecule has 1 aliphatic heterocycles. The van der Waals surface area contributed by atoms with Crippen molar-refractivity contribution in [1.82, 2.24) is 5.32 Å². The van der Waals surface area contributed by atoms with Crippen LogP contribution < -0.4 is 5.32 Å². The quantitative estimate of drug-likeness (QED) is 0.616. The minimum absolute atomic E-state index is 0.0387. The van der Waals surface area contributed by atoms with E-state index in [2.05, 4.69) is 5.32 Å². The highest BCUT2D eigenvalue weighted by Crippen LogP contribution is 2.36. The first kappa shape index (κ1) is 19.2. The lowest BCUT2D eigenvalue weighted by Gasteiger charge is -2.34. The first-order valence-corrected chi connectivity index (χ1v) is 8.41. The van der Waals surface area contributed by atoms with E-state index in [0.29, 0.717) is 22.5 Å². The largest absolute Gasteiger partial charge is 0.475 e. The first-order chi connectivity index (χ1) is 13.3. The Morgan fingerprint density at radius 3 is 1.82 bits per heavy atom. The van der Waals surface area contributed by atoms with E-state index in [4.69, 9.17) is 4.74 Å². The van der Waals surface area contributed by atoms with Crippen molar-refractivity contribution in [3.63, 3.8) is 0 Å². The Hall–Kier alpha value is -3.59. The zero-order chi connectivity index (χ0) is 20.4. The maximum Gasteiger partial charge on any atom is 0.269 e. The van der Waals surface area contributed by atoms with Crippen molar-refractivity contribution in [3.05, 3.63) is 91.2 Å². The molecule has 0 radical (unpaired) electrons. The number of non-ortho nitro benzene ring substituents is 2. The maximum absolute atomic E-state index is 12.2. The van der Waals surface area contributed by atoms with Gasteiger partial charge in [-0.1, -0.05) is 12.1 Å². The summed E-state index contributed by atoms with van der Waals surface area (Å²) in [6.07, 6.45) is -0.635. The number of Topliss-reactive ketones (excluding diaryl/α,β-unsaturated/α-hetero) is 1. The van der Waals surface area contributed by atoms with Crippen LogP contribution >= 0.6 is 0 Å². The van der Waals surface area contributed by atoms with E-state index in [-0.39, 0.29) is 17.2 Å². The Kier molecular flexibility index (Phi) is 5.18. The van der Waals surface area contributed by atoms with Crippen molar-refractivity contribution < 1.29 is 19.4 Å². The number of rotatable bonds is 5. The van der Waals surface area contributed by atoms with E-state index in [1.807, 2.05) is 0 Å². The van der Waals surface area contributed by atoms with Crippen LogP contribution in [0, 0.1) is 20.2 Å². The van der Waals surface area contributed by atoms with Gasteiger partial charge in [-0.05, 0) is 31.5 Å². The number of carbonyl (C=O) groups is 1. The smallest absolute Gasteiger partial charge is 0.269 e. The van der Waals surface area contributed by atoms with Crippen LogP contribution in [0.5, 0.6) is 0 Å². The lowest BCUT2D eigenvalue weighted by molar-refractivity contribution is -0.385. The highest BCUT2D eigenvalue weighted by molar-refractivity contribution is 5.95. The van der Waals surface area contributed by atoms with Gasteiger partial charge < -0.3 is 4.74 Å². The van der Waals surface area contributed by atoms with Gasteiger partial charge in [0, 0.05) is 29.8 Å². The topological polar surface area (TPSA) is 125 Å². The molecule has 1 heterocycles. The molecule has 0 saturated carbocycles. The summed E-state index contributed by atoms with van der Waals surface area (Å²) < 4.78 is 5.83. The molecule has 1 aliphatic rings. The number of ether oxygens (including phenoxy) is 1. The van der Waals surface area contributed by atoms with E-state index in [1.54, 1.807) is 31.2 Å². The van der Waals surface area contributed by atoms with Gasteiger partial charge in [-0.2, -0.15) is 0 Å². The minimum Gasteiger partial charge on any atom is -0.475 e. The number of benzene rings is 2. The summed E-state index contributed by atoms with van der Waals surface area (Å²) >= 11 is 0. The second kappa shape index (κ2) is 7.57. The van der Waals surface area contributed by atoms with Crippen molar-refractivity contribution in [2.24, 2.45) is 0 Å². The van der Waals surface area contributed by atoms with E-state index >= 15 is 0 Å². The molecular weight excluding hydrogens is 366 g/mol. The molecule has 0 fully saturated rings.